The van der Waals surface area contributed by atoms with Crippen LogP contribution in [-0.2, 0) is 11.3 Å². The van der Waals surface area contributed by atoms with Gasteiger partial charge in [-0.3, -0.25) is 4.79 Å². The average molecular weight is 428 g/mol. The van der Waals surface area contributed by atoms with Gasteiger partial charge in [0.05, 0.1) is 41.1 Å². The van der Waals surface area contributed by atoms with Crippen molar-refractivity contribution in [3.63, 3.8) is 0 Å². The fraction of sp³-hybridized carbons (Fsp3) is 0.273. The number of benzene rings is 2. The summed E-state index contributed by atoms with van der Waals surface area (Å²) in [6.45, 7) is 0.194. The number of rotatable bonds is 8. The van der Waals surface area contributed by atoms with E-state index >= 15 is 0 Å². The molecule has 2 N–H and O–H groups in total. The van der Waals surface area contributed by atoms with Crippen LogP contribution in [0.25, 0.3) is 10.9 Å². The van der Waals surface area contributed by atoms with Crippen molar-refractivity contribution in [1.82, 2.24) is 10.3 Å². The van der Waals surface area contributed by atoms with Crippen molar-refractivity contribution in [3.8, 4) is 23.0 Å². The lowest BCUT2D eigenvalue weighted by Crippen LogP contribution is -2.23. The van der Waals surface area contributed by atoms with Crippen molar-refractivity contribution in [2.75, 3.05) is 35.5 Å². The maximum Gasteiger partial charge on any atom is 0.341 e. The molecule has 0 aliphatic carbocycles. The number of hydrogen-bond donors (Lipinski definition) is 2. The average Bonchev–Trinajstić information content (AvgIpc) is 3.26. The lowest BCUT2D eigenvalue weighted by molar-refractivity contribution is 0.0597. The van der Waals surface area contributed by atoms with E-state index in [2.05, 4.69) is 10.3 Å². The third-order valence-corrected chi connectivity index (χ3v) is 4.81. The standard InChI is InChI=1S/C22H24N2O7/c1-27-16-7-6-12(8-14(16)22(26)31-5)11-23-21(25)15-9-13-17(28-2)10-18(29-3)20(30-4)19(13)24-15/h6-10,24H,11H2,1-5H3,(H,23,25). The lowest BCUT2D eigenvalue weighted by Gasteiger charge is -2.11. The van der Waals surface area contributed by atoms with Crippen LogP contribution in [-0.4, -0.2) is 52.4 Å². The minimum atomic E-state index is -0.520. The fourth-order valence-electron chi connectivity index (χ4n) is 3.27. The molecule has 0 atom stereocenters. The first kappa shape index (κ1) is 21.8. The first-order valence-electron chi connectivity index (χ1n) is 9.32. The number of methoxy groups -OCH3 is 5. The van der Waals surface area contributed by atoms with Crippen LogP contribution in [0.3, 0.4) is 0 Å². The maximum atomic E-state index is 12.8. The van der Waals surface area contributed by atoms with Gasteiger partial charge in [-0.05, 0) is 23.8 Å². The topological polar surface area (TPSA) is 108 Å². The second-order valence-corrected chi connectivity index (χ2v) is 6.49. The Morgan fingerprint density at radius 3 is 2.19 bits per heavy atom. The van der Waals surface area contributed by atoms with Crippen molar-refractivity contribution < 1.29 is 33.3 Å². The molecule has 0 aliphatic heterocycles. The SMILES string of the molecule is COC(=O)c1cc(CNC(=O)c2cc3c(OC)cc(OC)c(OC)c3[nH]2)ccc1OC. The summed E-state index contributed by atoms with van der Waals surface area (Å²) in [6, 6.07) is 8.40. The highest BCUT2D eigenvalue weighted by Gasteiger charge is 2.20. The van der Waals surface area contributed by atoms with E-state index in [1.807, 2.05) is 0 Å². The van der Waals surface area contributed by atoms with E-state index in [1.54, 1.807) is 30.3 Å². The predicted octanol–water partition coefficient (Wildman–Crippen LogP) is 2.92. The fourth-order valence-corrected chi connectivity index (χ4v) is 3.27. The van der Waals surface area contributed by atoms with Gasteiger partial charge >= 0.3 is 5.97 Å². The molecule has 0 aliphatic rings. The molecule has 1 amide bonds. The first-order valence-corrected chi connectivity index (χ1v) is 9.32. The number of hydrogen-bond acceptors (Lipinski definition) is 7. The van der Waals surface area contributed by atoms with Crippen molar-refractivity contribution in [2.45, 2.75) is 6.54 Å². The molecule has 0 saturated heterocycles. The summed E-state index contributed by atoms with van der Waals surface area (Å²) >= 11 is 0. The van der Waals surface area contributed by atoms with Crippen LogP contribution in [0.15, 0.2) is 30.3 Å². The van der Waals surface area contributed by atoms with Crippen molar-refractivity contribution in [1.29, 1.82) is 0 Å². The summed E-state index contributed by atoms with van der Waals surface area (Å²) in [7, 11) is 7.35. The second-order valence-electron chi connectivity index (χ2n) is 6.49. The molecule has 9 heteroatoms. The summed E-state index contributed by atoms with van der Waals surface area (Å²) in [5, 5.41) is 3.51. The Hall–Kier alpha value is -3.88. The Morgan fingerprint density at radius 2 is 1.58 bits per heavy atom. The molecule has 0 saturated carbocycles. The zero-order valence-corrected chi connectivity index (χ0v) is 18.0. The van der Waals surface area contributed by atoms with E-state index < -0.39 is 5.97 Å². The molecule has 1 heterocycles. The Bertz CT molecular complexity index is 1120. The Kier molecular flexibility index (Phi) is 6.54. The number of aromatic amines is 1. The van der Waals surface area contributed by atoms with E-state index in [1.165, 1.54) is 35.5 Å². The van der Waals surface area contributed by atoms with Crippen LogP contribution < -0.4 is 24.3 Å². The van der Waals surface area contributed by atoms with Gasteiger partial charge in [-0.2, -0.15) is 0 Å². The van der Waals surface area contributed by atoms with Crippen LogP contribution in [0.1, 0.15) is 26.4 Å². The van der Waals surface area contributed by atoms with Crippen molar-refractivity contribution in [2.24, 2.45) is 0 Å². The van der Waals surface area contributed by atoms with Crippen LogP contribution in [0.4, 0.5) is 0 Å². The van der Waals surface area contributed by atoms with Gasteiger partial charge in [0.2, 0.25) is 0 Å². The molecule has 0 unspecified atom stereocenters. The number of H-pyrrole nitrogens is 1. The highest BCUT2D eigenvalue weighted by atomic mass is 16.5. The van der Waals surface area contributed by atoms with Gasteiger partial charge in [0, 0.05) is 18.0 Å². The van der Waals surface area contributed by atoms with Crippen LogP contribution in [0.2, 0.25) is 0 Å². The van der Waals surface area contributed by atoms with E-state index in [0.29, 0.717) is 45.2 Å². The molecule has 1 aromatic heterocycles. The molecule has 31 heavy (non-hydrogen) atoms. The number of aromatic nitrogens is 1. The van der Waals surface area contributed by atoms with Gasteiger partial charge in [0.15, 0.2) is 11.5 Å². The summed E-state index contributed by atoms with van der Waals surface area (Å²) < 4.78 is 26.2. The van der Waals surface area contributed by atoms with E-state index in [9.17, 15) is 9.59 Å². The maximum absolute atomic E-state index is 12.8. The van der Waals surface area contributed by atoms with Crippen molar-refractivity contribution in [3.05, 3.63) is 47.2 Å². The van der Waals surface area contributed by atoms with Gasteiger partial charge in [0.25, 0.3) is 5.91 Å². The Labute approximate surface area is 179 Å². The monoisotopic (exact) mass is 428 g/mol. The molecule has 0 bridgehead atoms. The number of ether oxygens (including phenoxy) is 5. The van der Waals surface area contributed by atoms with Gasteiger partial charge in [-0.25, -0.2) is 4.79 Å². The molecule has 0 radical (unpaired) electrons. The van der Waals surface area contributed by atoms with E-state index in [4.69, 9.17) is 23.7 Å². The van der Waals surface area contributed by atoms with Gasteiger partial charge < -0.3 is 34.0 Å². The molecular formula is C22H24N2O7. The number of amides is 1. The largest absolute Gasteiger partial charge is 0.496 e. The number of carbonyl (C=O) groups excluding carboxylic acids is 2. The molecule has 164 valence electrons. The molecule has 2 aromatic carbocycles. The quantitative estimate of drug-likeness (QED) is 0.531. The number of nitrogens with one attached hydrogen (secondary N) is 2. The molecule has 3 aromatic rings. The van der Waals surface area contributed by atoms with Gasteiger partial charge in [0.1, 0.15) is 22.8 Å². The smallest absolute Gasteiger partial charge is 0.341 e. The second kappa shape index (κ2) is 9.29. The number of fused-ring (bicyclic) bond motifs is 1. The number of carbonyl (C=O) groups is 2. The molecule has 0 fully saturated rings. The molecule has 9 nitrogen and oxygen atoms in total. The number of esters is 1. The summed E-state index contributed by atoms with van der Waals surface area (Å²) in [4.78, 5) is 27.8. The van der Waals surface area contributed by atoms with E-state index in [-0.39, 0.29) is 18.0 Å². The highest BCUT2D eigenvalue weighted by Crippen LogP contribution is 2.41. The van der Waals surface area contributed by atoms with Crippen molar-refractivity contribution >= 4 is 22.8 Å². The van der Waals surface area contributed by atoms with Crippen LogP contribution in [0, 0.1) is 0 Å². The summed E-state index contributed by atoms with van der Waals surface area (Å²) in [5.74, 6) is 1.03. The van der Waals surface area contributed by atoms with Gasteiger partial charge in [-0.15, -0.1) is 0 Å². The highest BCUT2D eigenvalue weighted by molar-refractivity contribution is 6.02. The van der Waals surface area contributed by atoms with E-state index in [0.717, 1.165) is 0 Å². The molecular weight excluding hydrogens is 404 g/mol. The first-order chi connectivity index (χ1) is 15.0. The van der Waals surface area contributed by atoms with Crippen LogP contribution >= 0.6 is 0 Å². The molecule has 3 rings (SSSR count). The minimum absolute atomic E-state index is 0.194. The zero-order valence-electron chi connectivity index (χ0n) is 18.0. The third kappa shape index (κ3) is 4.20. The van der Waals surface area contributed by atoms with Crippen LogP contribution in [0.5, 0.6) is 23.0 Å². The summed E-state index contributed by atoms with van der Waals surface area (Å²) in [6.07, 6.45) is 0. The normalized spacial score (nSPS) is 10.5. The third-order valence-electron chi connectivity index (χ3n) is 4.81. The predicted molar refractivity (Wildman–Crippen MR) is 113 cm³/mol. The lowest BCUT2D eigenvalue weighted by atomic mass is 10.1. The van der Waals surface area contributed by atoms with Gasteiger partial charge in [-0.1, -0.05) is 6.07 Å². The minimum Gasteiger partial charge on any atom is -0.496 e. The summed E-state index contributed by atoms with van der Waals surface area (Å²) in [5.41, 5.74) is 1.90. The Morgan fingerprint density at radius 1 is 0.871 bits per heavy atom. The Balaban J connectivity index is 1.87. The zero-order chi connectivity index (χ0) is 22.5. The molecule has 0 spiro atoms.